The molecule has 0 aromatic rings. The summed E-state index contributed by atoms with van der Waals surface area (Å²) in [5.41, 5.74) is 0.951. The molecule has 0 bridgehead atoms. The monoisotopic (exact) mass is 433 g/mol. The molecule has 0 rings (SSSR count). The van der Waals surface area contributed by atoms with Crippen molar-refractivity contribution in [2.24, 2.45) is 41.4 Å². The van der Waals surface area contributed by atoms with Gasteiger partial charge in [-0.3, -0.25) is 0 Å². The smallest absolute Gasteiger partial charge is 0.109 e. The number of allylic oxidation sites excluding steroid dienone is 1. The van der Waals surface area contributed by atoms with Gasteiger partial charge in [-0.05, 0) is 67.0 Å². The molecule has 30 heavy (non-hydrogen) atoms. The highest BCUT2D eigenvalue weighted by atomic mass is 19.1. The SMILES string of the molecule is CCN/C=C(\C(C)C(C)C(CC)CC(F)C(C)C)C(C(F)C(C)C)C(C)[C@H](F)CC. The fraction of sp³-hybridized carbons (Fsp3) is 0.923. The average Bonchev–Trinajstić information content (AvgIpc) is 2.71. The van der Waals surface area contributed by atoms with Gasteiger partial charge in [-0.15, -0.1) is 0 Å². The van der Waals surface area contributed by atoms with E-state index in [2.05, 4.69) is 26.1 Å². The molecule has 0 radical (unpaired) electrons. The first kappa shape index (κ1) is 29.3. The average molecular weight is 434 g/mol. The van der Waals surface area contributed by atoms with Crippen molar-refractivity contribution < 1.29 is 13.2 Å². The summed E-state index contributed by atoms with van der Waals surface area (Å²) in [5, 5.41) is 3.26. The van der Waals surface area contributed by atoms with E-state index in [0.717, 1.165) is 18.5 Å². The number of nitrogens with one attached hydrogen (secondary N) is 1. The number of rotatable bonds is 15. The zero-order chi connectivity index (χ0) is 23.6. The molecule has 0 fully saturated rings. The maximum Gasteiger partial charge on any atom is 0.109 e. The van der Waals surface area contributed by atoms with Gasteiger partial charge in [-0.2, -0.15) is 0 Å². The summed E-state index contributed by atoms with van der Waals surface area (Å²) in [6.45, 7) is 20.4. The molecule has 0 spiro atoms. The van der Waals surface area contributed by atoms with Gasteiger partial charge in [0.2, 0.25) is 0 Å². The number of hydrogen-bond acceptors (Lipinski definition) is 1. The largest absolute Gasteiger partial charge is 0.391 e. The van der Waals surface area contributed by atoms with Crippen LogP contribution in [0.2, 0.25) is 0 Å². The summed E-state index contributed by atoms with van der Waals surface area (Å²) in [7, 11) is 0. The van der Waals surface area contributed by atoms with Crippen molar-refractivity contribution in [2.45, 2.75) is 107 Å². The molecule has 0 aromatic heterocycles. The van der Waals surface area contributed by atoms with Crippen molar-refractivity contribution in [3.63, 3.8) is 0 Å². The maximum atomic E-state index is 15.5. The van der Waals surface area contributed by atoms with E-state index in [-0.39, 0.29) is 29.6 Å². The van der Waals surface area contributed by atoms with E-state index in [0.29, 0.717) is 12.8 Å². The zero-order valence-electron chi connectivity index (χ0n) is 21.3. The van der Waals surface area contributed by atoms with Gasteiger partial charge in [0.05, 0.1) is 0 Å². The number of halogens is 3. The third-order valence-corrected chi connectivity index (χ3v) is 7.20. The normalized spacial score (nSPS) is 21.1. The van der Waals surface area contributed by atoms with Crippen molar-refractivity contribution in [2.75, 3.05) is 6.54 Å². The molecule has 0 aliphatic rings. The van der Waals surface area contributed by atoms with Crippen LogP contribution in [0.15, 0.2) is 11.8 Å². The van der Waals surface area contributed by atoms with Crippen molar-refractivity contribution in [1.29, 1.82) is 0 Å². The first-order valence-electron chi connectivity index (χ1n) is 12.3. The Hall–Kier alpha value is -0.670. The van der Waals surface area contributed by atoms with E-state index in [9.17, 15) is 8.78 Å². The lowest BCUT2D eigenvalue weighted by atomic mass is 9.68. The second kappa shape index (κ2) is 14.4. The quantitative estimate of drug-likeness (QED) is 0.275. The van der Waals surface area contributed by atoms with Gasteiger partial charge in [0.15, 0.2) is 0 Å². The Morgan fingerprint density at radius 3 is 1.73 bits per heavy atom. The fourth-order valence-electron chi connectivity index (χ4n) is 4.57. The standard InChI is InChI=1S/C26H50F3N/c1-11-21(14-24(28)16(4)5)18(8)19(9)22(15-30-13-3)25(26(29)17(6)7)20(10)23(27)12-2/h15-21,23-26,30H,11-14H2,1-10H3/b22-15+/t18?,19?,20?,21?,23-,24?,25?,26?/m1/s1. The van der Waals surface area contributed by atoms with Gasteiger partial charge in [0.1, 0.15) is 18.5 Å². The summed E-state index contributed by atoms with van der Waals surface area (Å²) < 4.78 is 44.8. The van der Waals surface area contributed by atoms with Crippen LogP contribution in [0.1, 0.15) is 88.5 Å². The first-order valence-corrected chi connectivity index (χ1v) is 12.3. The van der Waals surface area contributed by atoms with Crippen LogP contribution in [0, 0.1) is 41.4 Å². The molecule has 0 saturated carbocycles. The van der Waals surface area contributed by atoms with Gasteiger partial charge < -0.3 is 5.32 Å². The molecule has 0 heterocycles. The maximum absolute atomic E-state index is 15.5. The summed E-state index contributed by atoms with van der Waals surface area (Å²) in [6, 6.07) is 0. The second-order valence-corrected chi connectivity index (χ2v) is 10.0. The number of alkyl halides is 3. The van der Waals surface area contributed by atoms with Gasteiger partial charge in [-0.25, -0.2) is 13.2 Å². The van der Waals surface area contributed by atoms with E-state index in [1.807, 2.05) is 54.7 Å². The lowest BCUT2D eigenvalue weighted by molar-refractivity contribution is 0.0843. The predicted octanol–water partition coefficient (Wildman–Crippen LogP) is 8.16. The van der Waals surface area contributed by atoms with Crippen LogP contribution in [0.3, 0.4) is 0 Å². The highest BCUT2D eigenvalue weighted by molar-refractivity contribution is 5.15. The Morgan fingerprint density at radius 1 is 0.767 bits per heavy atom. The second-order valence-electron chi connectivity index (χ2n) is 10.0. The minimum absolute atomic E-state index is 0.000823. The van der Waals surface area contributed by atoms with Gasteiger partial charge >= 0.3 is 0 Å². The van der Waals surface area contributed by atoms with Crippen LogP contribution < -0.4 is 5.32 Å². The van der Waals surface area contributed by atoms with E-state index in [4.69, 9.17) is 0 Å². The number of hydrogen-bond donors (Lipinski definition) is 1. The minimum atomic E-state index is -1.12. The first-order chi connectivity index (χ1) is 13.9. The van der Waals surface area contributed by atoms with E-state index < -0.39 is 30.4 Å². The molecule has 7 unspecified atom stereocenters. The van der Waals surface area contributed by atoms with Crippen LogP contribution in [0.5, 0.6) is 0 Å². The van der Waals surface area contributed by atoms with Crippen LogP contribution >= 0.6 is 0 Å². The van der Waals surface area contributed by atoms with Crippen molar-refractivity contribution >= 4 is 0 Å². The highest BCUT2D eigenvalue weighted by Crippen LogP contribution is 2.42. The molecule has 180 valence electrons. The molecule has 0 amide bonds. The molecule has 0 aliphatic heterocycles. The van der Waals surface area contributed by atoms with E-state index in [1.165, 1.54) is 0 Å². The molecule has 1 N–H and O–H groups in total. The molecule has 0 aromatic carbocycles. The van der Waals surface area contributed by atoms with Crippen LogP contribution in [0.4, 0.5) is 13.2 Å². The Labute approximate surface area is 185 Å². The molecular weight excluding hydrogens is 383 g/mol. The Bertz CT molecular complexity index is 477. The Kier molecular flexibility index (Phi) is 14.1. The van der Waals surface area contributed by atoms with Gasteiger partial charge in [0.25, 0.3) is 0 Å². The molecule has 0 saturated heterocycles. The lowest BCUT2D eigenvalue weighted by Crippen LogP contribution is -2.38. The predicted molar refractivity (Wildman–Crippen MR) is 126 cm³/mol. The zero-order valence-corrected chi connectivity index (χ0v) is 21.3. The van der Waals surface area contributed by atoms with E-state index in [1.54, 1.807) is 0 Å². The highest BCUT2D eigenvalue weighted by Gasteiger charge is 2.39. The van der Waals surface area contributed by atoms with Crippen molar-refractivity contribution in [3.8, 4) is 0 Å². The Balaban J connectivity index is 6.04. The van der Waals surface area contributed by atoms with Crippen LogP contribution in [0.25, 0.3) is 0 Å². The summed E-state index contributed by atoms with van der Waals surface area (Å²) in [4.78, 5) is 0. The van der Waals surface area contributed by atoms with Crippen molar-refractivity contribution in [3.05, 3.63) is 11.8 Å². The van der Waals surface area contributed by atoms with Gasteiger partial charge in [-0.1, -0.05) is 68.7 Å². The third kappa shape index (κ3) is 8.46. The molecule has 4 heteroatoms. The minimum Gasteiger partial charge on any atom is -0.391 e. The Morgan fingerprint density at radius 2 is 1.33 bits per heavy atom. The van der Waals surface area contributed by atoms with Crippen LogP contribution in [-0.2, 0) is 0 Å². The molecule has 1 nitrogen and oxygen atoms in total. The summed E-state index contributed by atoms with van der Waals surface area (Å²) >= 11 is 0. The summed E-state index contributed by atoms with van der Waals surface area (Å²) in [6.07, 6.45) is 0.737. The van der Waals surface area contributed by atoms with E-state index >= 15 is 4.39 Å². The molecular formula is C26H50F3N. The van der Waals surface area contributed by atoms with Crippen molar-refractivity contribution in [1.82, 2.24) is 5.32 Å². The van der Waals surface area contributed by atoms with Gasteiger partial charge in [0, 0.05) is 12.5 Å². The van der Waals surface area contributed by atoms with Crippen LogP contribution in [-0.4, -0.2) is 25.1 Å². The molecule has 8 atom stereocenters. The molecule has 0 aliphatic carbocycles. The summed E-state index contributed by atoms with van der Waals surface area (Å²) in [5.74, 6) is -0.640. The fourth-order valence-corrected chi connectivity index (χ4v) is 4.57. The lowest BCUT2D eigenvalue weighted by Gasteiger charge is -2.39. The third-order valence-electron chi connectivity index (χ3n) is 7.20. The topological polar surface area (TPSA) is 12.0 Å².